The van der Waals surface area contributed by atoms with Crippen molar-refractivity contribution < 1.29 is 22.7 Å². The van der Waals surface area contributed by atoms with Crippen LogP contribution >= 0.6 is 11.3 Å². The van der Waals surface area contributed by atoms with E-state index in [0.717, 1.165) is 42.8 Å². The fourth-order valence-corrected chi connectivity index (χ4v) is 6.78. The lowest BCUT2D eigenvalue weighted by Gasteiger charge is -2.38. The highest BCUT2D eigenvalue weighted by atomic mass is 32.1. The highest BCUT2D eigenvalue weighted by molar-refractivity contribution is 7.22. The Labute approximate surface area is 268 Å². The molecule has 2 aromatic heterocycles. The predicted octanol–water partition coefficient (Wildman–Crippen LogP) is 8.38. The Balaban J connectivity index is 1.34. The van der Waals surface area contributed by atoms with Gasteiger partial charge in [-0.3, -0.25) is 9.69 Å². The van der Waals surface area contributed by atoms with Gasteiger partial charge in [-0.2, -0.15) is 18.2 Å². The molecule has 46 heavy (non-hydrogen) atoms. The maximum Gasteiger partial charge on any atom is 0.416 e. The van der Waals surface area contributed by atoms with Crippen molar-refractivity contribution in [3.8, 4) is 22.9 Å². The van der Waals surface area contributed by atoms with Gasteiger partial charge < -0.3 is 15.4 Å². The van der Waals surface area contributed by atoms with E-state index in [1.165, 1.54) is 36.0 Å². The van der Waals surface area contributed by atoms with E-state index in [0.29, 0.717) is 27.7 Å². The lowest BCUT2D eigenvalue weighted by molar-refractivity contribution is -0.137. The molecule has 1 atom stereocenters. The van der Waals surface area contributed by atoms with Gasteiger partial charge in [0.2, 0.25) is 17.7 Å². The number of rotatable bonds is 9. The number of likely N-dealkylation sites (tertiary alicyclic amines) is 1. The highest BCUT2D eigenvalue weighted by Gasteiger charge is 2.38. The highest BCUT2D eigenvalue weighted by Crippen LogP contribution is 2.37. The van der Waals surface area contributed by atoms with E-state index in [1.807, 2.05) is 30.3 Å². The first-order chi connectivity index (χ1) is 21.9. The smallest absolute Gasteiger partial charge is 0.416 e. The number of carbonyl (C=O) groups excluding carboxylic acids is 1. The van der Waals surface area contributed by atoms with E-state index in [1.54, 1.807) is 12.1 Å². The molecule has 1 fully saturated rings. The Morgan fingerprint density at radius 2 is 1.76 bits per heavy atom. The third-order valence-electron chi connectivity index (χ3n) is 7.95. The molecule has 0 radical (unpaired) electrons. The van der Waals surface area contributed by atoms with Crippen LogP contribution in [0.2, 0.25) is 0 Å². The van der Waals surface area contributed by atoms with Crippen molar-refractivity contribution in [1.82, 2.24) is 19.9 Å². The first-order valence-electron chi connectivity index (χ1n) is 14.9. The molecule has 0 bridgehead atoms. The minimum Gasteiger partial charge on any atom is -0.437 e. The second kappa shape index (κ2) is 12.7. The van der Waals surface area contributed by atoms with Crippen molar-refractivity contribution >= 4 is 38.5 Å². The summed E-state index contributed by atoms with van der Waals surface area (Å²) >= 11 is 1.31. The number of ether oxygens (including phenoxy) is 1. The van der Waals surface area contributed by atoms with Gasteiger partial charge in [0.15, 0.2) is 10.9 Å². The molecule has 1 amide bonds. The molecule has 0 aliphatic carbocycles. The predicted molar refractivity (Wildman–Crippen MR) is 174 cm³/mol. The van der Waals surface area contributed by atoms with Crippen LogP contribution in [-0.4, -0.2) is 43.9 Å². The van der Waals surface area contributed by atoms with Crippen molar-refractivity contribution in [2.24, 2.45) is 0 Å². The molecule has 1 saturated heterocycles. The molecule has 1 aliphatic rings. The zero-order valence-electron chi connectivity index (χ0n) is 25.6. The molecular weight excluding hydrogens is 613 g/mol. The topological polar surface area (TPSA) is 92.3 Å². The van der Waals surface area contributed by atoms with E-state index in [2.05, 4.69) is 46.5 Å². The standard InChI is InChI=1S/C34H33F3N6O2S/c1-21(44)38-32-41-30-26(11-7-12-27(30)46-32)45-29-19-25(23-14-16-24(17-15-23)34(35,36)37)39-31(40-29)42-33(2,3)28-13-8-18-43(28)20-22-9-5-4-6-10-22/h4-7,9-12,14-17,19,28H,8,13,18,20H2,1-3H3,(H,38,41,44)(H,39,40,42). The van der Waals surface area contributed by atoms with Crippen LogP contribution in [0.3, 0.4) is 0 Å². The largest absolute Gasteiger partial charge is 0.437 e. The quantitative estimate of drug-likeness (QED) is 0.166. The maximum atomic E-state index is 13.3. The van der Waals surface area contributed by atoms with E-state index >= 15 is 0 Å². The Morgan fingerprint density at radius 1 is 1.00 bits per heavy atom. The molecule has 5 aromatic rings. The number of amides is 1. The van der Waals surface area contributed by atoms with Crippen molar-refractivity contribution in [2.75, 3.05) is 17.2 Å². The number of nitrogens with zero attached hydrogens (tertiary/aromatic N) is 4. The van der Waals surface area contributed by atoms with E-state index in [-0.39, 0.29) is 23.8 Å². The second-order valence-corrected chi connectivity index (χ2v) is 12.9. The minimum absolute atomic E-state index is 0.173. The molecule has 8 nitrogen and oxygen atoms in total. The van der Waals surface area contributed by atoms with Gasteiger partial charge in [0.1, 0.15) is 5.52 Å². The minimum atomic E-state index is -4.45. The van der Waals surface area contributed by atoms with Crippen molar-refractivity contribution in [3.05, 3.63) is 90.0 Å². The third-order valence-corrected chi connectivity index (χ3v) is 8.89. The van der Waals surface area contributed by atoms with Crippen LogP contribution in [-0.2, 0) is 17.5 Å². The summed E-state index contributed by atoms with van der Waals surface area (Å²) < 4.78 is 47.0. The first-order valence-corrected chi connectivity index (χ1v) is 15.7. The Morgan fingerprint density at radius 3 is 2.48 bits per heavy atom. The van der Waals surface area contributed by atoms with Gasteiger partial charge in [-0.05, 0) is 63.1 Å². The maximum absolute atomic E-state index is 13.3. The summed E-state index contributed by atoms with van der Waals surface area (Å²) in [6.07, 6.45) is -2.41. The summed E-state index contributed by atoms with van der Waals surface area (Å²) in [5.41, 5.74) is 1.44. The van der Waals surface area contributed by atoms with Gasteiger partial charge in [0, 0.05) is 31.1 Å². The van der Waals surface area contributed by atoms with Crippen LogP contribution in [0, 0.1) is 0 Å². The number of nitrogens with one attached hydrogen (secondary N) is 2. The lowest BCUT2D eigenvalue weighted by Crippen LogP contribution is -2.50. The number of aromatic nitrogens is 3. The average Bonchev–Trinajstić information content (AvgIpc) is 3.64. The monoisotopic (exact) mass is 646 g/mol. The number of hydrogen-bond acceptors (Lipinski definition) is 8. The fraction of sp³-hybridized carbons (Fsp3) is 0.294. The van der Waals surface area contributed by atoms with Crippen LogP contribution in [0.5, 0.6) is 11.6 Å². The summed E-state index contributed by atoms with van der Waals surface area (Å²) in [5.74, 6) is 0.657. The van der Waals surface area contributed by atoms with Gasteiger partial charge in [0.25, 0.3) is 0 Å². The summed E-state index contributed by atoms with van der Waals surface area (Å²) in [5, 5.41) is 6.67. The molecule has 6 rings (SSSR count). The number of carbonyl (C=O) groups is 1. The summed E-state index contributed by atoms with van der Waals surface area (Å²) in [7, 11) is 0. The number of halogens is 3. The van der Waals surface area contributed by atoms with Crippen LogP contribution < -0.4 is 15.4 Å². The van der Waals surface area contributed by atoms with Gasteiger partial charge in [-0.1, -0.05) is 59.9 Å². The normalized spacial score (nSPS) is 15.7. The molecule has 3 aromatic carbocycles. The lowest BCUT2D eigenvalue weighted by atomic mass is 9.92. The Hall–Kier alpha value is -4.55. The number of anilines is 2. The first kappa shape index (κ1) is 31.4. The van der Waals surface area contributed by atoms with E-state index < -0.39 is 17.3 Å². The number of benzene rings is 3. The summed E-state index contributed by atoms with van der Waals surface area (Å²) in [6.45, 7) is 7.40. The fourth-order valence-electron chi connectivity index (χ4n) is 5.86. The zero-order chi connectivity index (χ0) is 32.5. The molecule has 12 heteroatoms. The number of alkyl halides is 3. The SMILES string of the molecule is CC(=O)Nc1nc2c(Oc3cc(-c4ccc(C(F)(F)F)cc4)nc(NC(C)(C)C4CCCN4Cc4ccccc4)n3)cccc2s1. The molecule has 0 saturated carbocycles. The van der Waals surface area contributed by atoms with Crippen molar-refractivity contribution in [1.29, 1.82) is 0 Å². The van der Waals surface area contributed by atoms with Crippen LogP contribution in [0.1, 0.15) is 44.7 Å². The molecule has 2 N–H and O–H groups in total. The third kappa shape index (κ3) is 7.13. The second-order valence-electron chi connectivity index (χ2n) is 11.9. The molecule has 1 unspecified atom stereocenters. The number of hydrogen-bond donors (Lipinski definition) is 2. The molecule has 0 spiro atoms. The summed E-state index contributed by atoms with van der Waals surface area (Å²) in [6, 6.07) is 22.4. The van der Waals surface area contributed by atoms with E-state index in [9.17, 15) is 18.0 Å². The zero-order valence-corrected chi connectivity index (χ0v) is 26.4. The number of fused-ring (bicyclic) bond motifs is 1. The van der Waals surface area contributed by atoms with E-state index in [4.69, 9.17) is 14.7 Å². The van der Waals surface area contributed by atoms with Gasteiger partial charge >= 0.3 is 6.18 Å². The number of para-hydroxylation sites is 1. The molecule has 238 valence electrons. The van der Waals surface area contributed by atoms with Gasteiger partial charge in [-0.15, -0.1) is 0 Å². The Bertz CT molecular complexity index is 1840. The van der Waals surface area contributed by atoms with Crippen molar-refractivity contribution in [3.63, 3.8) is 0 Å². The average molecular weight is 647 g/mol. The molecule has 1 aliphatic heterocycles. The molecular formula is C34H33F3N6O2S. The van der Waals surface area contributed by atoms with Crippen LogP contribution in [0.25, 0.3) is 21.5 Å². The number of thiazole rings is 1. The summed E-state index contributed by atoms with van der Waals surface area (Å²) in [4.78, 5) is 28.0. The van der Waals surface area contributed by atoms with Gasteiger partial charge in [0.05, 0.1) is 21.5 Å². The Kier molecular flexibility index (Phi) is 8.67. The molecule has 3 heterocycles. The van der Waals surface area contributed by atoms with Crippen LogP contribution in [0.4, 0.5) is 24.3 Å². The van der Waals surface area contributed by atoms with Crippen molar-refractivity contribution in [2.45, 2.75) is 57.9 Å². The van der Waals surface area contributed by atoms with Gasteiger partial charge in [-0.25, -0.2) is 9.97 Å². The van der Waals surface area contributed by atoms with Crippen LogP contribution in [0.15, 0.2) is 78.9 Å².